The number of ether oxygens (including phenoxy) is 2. The molecule has 0 saturated carbocycles. The number of hydrogen-bond acceptors (Lipinski definition) is 5. The summed E-state index contributed by atoms with van der Waals surface area (Å²) in [6.45, 7) is 6.94. The van der Waals surface area contributed by atoms with Gasteiger partial charge in [-0.2, -0.15) is 5.10 Å². The molecule has 0 amide bonds. The van der Waals surface area contributed by atoms with Crippen LogP contribution in [0.2, 0.25) is 0 Å². The summed E-state index contributed by atoms with van der Waals surface area (Å²) in [5.74, 6) is 3.98. The van der Waals surface area contributed by atoms with Crippen LogP contribution < -0.4 is 15.4 Å². The van der Waals surface area contributed by atoms with Crippen molar-refractivity contribution in [2.45, 2.75) is 52.4 Å². The maximum Gasteiger partial charge on any atom is 0.191 e. The first-order chi connectivity index (χ1) is 14.1. The first kappa shape index (κ1) is 21.1. The molecule has 0 spiro atoms. The molecule has 29 heavy (non-hydrogen) atoms. The van der Waals surface area contributed by atoms with Gasteiger partial charge in [0.2, 0.25) is 0 Å². The Labute approximate surface area is 172 Å². The third kappa shape index (κ3) is 6.19. The number of hydrogen-bond donors (Lipinski definition) is 2. The van der Waals surface area contributed by atoms with Gasteiger partial charge in [-0.25, -0.2) is 9.67 Å². The van der Waals surface area contributed by atoms with E-state index in [-0.39, 0.29) is 6.04 Å². The molecule has 3 rings (SSSR count). The maximum atomic E-state index is 5.74. The molecule has 0 bridgehead atoms. The van der Waals surface area contributed by atoms with Crippen LogP contribution >= 0.6 is 0 Å². The Balaban J connectivity index is 1.48. The highest BCUT2D eigenvalue weighted by Gasteiger charge is 2.22. The molecule has 0 radical (unpaired) electrons. The van der Waals surface area contributed by atoms with Crippen molar-refractivity contribution in [2.24, 2.45) is 10.9 Å². The average molecular weight is 401 g/mol. The van der Waals surface area contributed by atoms with Crippen molar-refractivity contribution in [3.05, 3.63) is 41.5 Å². The van der Waals surface area contributed by atoms with E-state index in [1.807, 2.05) is 16.8 Å². The second-order valence-corrected chi connectivity index (χ2v) is 7.71. The van der Waals surface area contributed by atoms with E-state index in [9.17, 15) is 0 Å². The van der Waals surface area contributed by atoms with Gasteiger partial charge < -0.3 is 20.1 Å². The molecule has 1 aromatic carbocycles. The van der Waals surface area contributed by atoms with Gasteiger partial charge in [0.1, 0.15) is 18.2 Å². The summed E-state index contributed by atoms with van der Waals surface area (Å²) in [5.41, 5.74) is 1.18. The van der Waals surface area contributed by atoms with Gasteiger partial charge in [-0.3, -0.25) is 4.99 Å². The second-order valence-electron chi connectivity index (χ2n) is 7.71. The lowest BCUT2D eigenvalue weighted by atomic mass is 10.1. The van der Waals surface area contributed by atoms with Crippen LogP contribution in [0.15, 0.2) is 29.3 Å². The first-order valence-electron chi connectivity index (χ1n) is 10.2. The van der Waals surface area contributed by atoms with Crippen LogP contribution in [0, 0.1) is 5.92 Å². The molecule has 0 aliphatic carbocycles. The number of aliphatic imine (C=N–C) groups is 1. The monoisotopic (exact) mass is 400 g/mol. The summed E-state index contributed by atoms with van der Waals surface area (Å²) in [7, 11) is 3.45. The standard InChI is InChI=1S/C21H32N6O2/c1-15(2)13-29-18-8-5-16(6-9-18)11-23-21(22-3)24-17-7-10-20-25-19(14-28-4)26-27(20)12-17/h5-6,8-9,15,17H,7,10-14H2,1-4H3,(H2,22,23,24). The smallest absolute Gasteiger partial charge is 0.191 e. The van der Waals surface area contributed by atoms with E-state index in [1.165, 1.54) is 5.56 Å². The molecule has 1 atom stereocenters. The number of nitrogens with zero attached hydrogens (tertiary/aromatic N) is 4. The number of guanidine groups is 1. The van der Waals surface area contributed by atoms with E-state index < -0.39 is 0 Å². The molecule has 2 aromatic rings. The number of methoxy groups -OCH3 is 1. The molecule has 1 aliphatic heterocycles. The highest BCUT2D eigenvalue weighted by molar-refractivity contribution is 5.79. The Bertz CT molecular complexity index is 800. The lowest BCUT2D eigenvalue weighted by molar-refractivity contribution is 0.177. The van der Waals surface area contributed by atoms with E-state index in [0.717, 1.165) is 49.4 Å². The van der Waals surface area contributed by atoms with Crippen molar-refractivity contribution in [1.82, 2.24) is 25.4 Å². The second kappa shape index (κ2) is 10.2. The average Bonchev–Trinajstić information content (AvgIpc) is 3.12. The number of fused-ring (bicyclic) bond motifs is 1. The topological polar surface area (TPSA) is 85.6 Å². The van der Waals surface area contributed by atoms with Gasteiger partial charge >= 0.3 is 0 Å². The maximum absolute atomic E-state index is 5.74. The normalized spacial score (nSPS) is 16.6. The Morgan fingerprint density at radius 2 is 2.10 bits per heavy atom. The number of rotatable bonds is 8. The minimum Gasteiger partial charge on any atom is -0.493 e. The molecule has 1 aromatic heterocycles. The van der Waals surface area contributed by atoms with Crippen LogP contribution in [0.1, 0.15) is 37.5 Å². The van der Waals surface area contributed by atoms with E-state index in [2.05, 4.69) is 51.7 Å². The number of benzene rings is 1. The summed E-state index contributed by atoms with van der Waals surface area (Å²) < 4.78 is 12.8. The molecule has 0 fully saturated rings. The zero-order valence-electron chi connectivity index (χ0n) is 17.8. The van der Waals surface area contributed by atoms with E-state index in [4.69, 9.17) is 9.47 Å². The molecular formula is C21H32N6O2. The largest absolute Gasteiger partial charge is 0.493 e. The van der Waals surface area contributed by atoms with Crippen LogP contribution in [0.3, 0.4) is 0 Å². The van der Waals surface area contributed by atoms with E-state index >= 15 is 0 Å². The molecule has 2 N–H and O–H groups in total. The van der Waals surface area contributed by atoms with Crippen molar-refractivity contribution in [3.63, 3.8) is 0 Å². The Morgan fingerprint density at radius 3 is 2.79 bits per heavy atom. The molecule has 1 aliphatic rings. The van der Waals surface area contributed by atoms with Gasteiger partial charge in [-0.05, 0) is 30.0 Å². The fourth-order valence-corrected chi connectivity index (χ4v) is 3.21. The minimum atomic E-state index is 0.262. The van der Waals surface area contributed by atoms with Crippen LogP contribution in [0.4, 0.5) is 0 Å². The zero-order chi connectivity index (χ0) is 20.6. The van der Waals surface area contributed by atoms with Gasteiger partial charge in [0, 0.05) is 33.2 Å². The molecule has 2 heterocycles. The number of aromatic nitrogens is 3. The predicted molar refractivity (Wildman–Crippen MR) is 113 cm³/mol. The van der Waals surface area contributed by atoms with E-state index in [0.29, 0.717) is 19.1 Å². The summed E-state index contributed by atoms with van der Waals surface area (Å²) in [4.78, 5) is 8.88. The number of nitrogens with one attached hydrogen (secondary N) is 2. The van der Waals surface area contributed by atoms with Gasteiger partial charge in [-0.15, -0.1) is 0 Å². The SMILES string of the molecule is CN=C(NCc1ccc(OCC(C)C)cc1)NC1CCc2nc(COC)nn2C1. The molecule has 1 unspecified atom stereocenters. The summed E-state index contributed by atoms with van der Waals surface area (Å²) in [6.07, 6.45) is 1.89. The van der Waals surface area contributed by atoms with Gasteiger partial charge in [-0.1, -0.05) is 26.0 Å². The predicted octanol–water partition coefficient (Wildman–Crippen LogP) is 2.14. The van der Waals surface area contributed by atoms with Crippen molar-refractivity contribution >= 4 is 5.96 Å². The fraction of sp³-hybridized carbons (Fsp3) is 0.571. The third-order valence-electron chi connectivity index (χ3n) is 4.71. The van der Waals surface area contributed by atoms with Gasteiger partial charge in [0.05, 0.1) is 13.2 Å². The third-order valence-corrected chi connectivity index (χ3v) is 4.71. The van der Waals surface area contributed by atoms with Crippen molar-refractivity contribution < 1.29 is 9.47 Å². The van der Waals surface area contributed by atoms with E-state index in [1.54, 1.807) is 14.2 Å². The highest BCUT2D eigenvalue weighted by Crippen LogP contribution is 2.14. The quantitative estimate of drug-likeness (QED) is 0.522. The van der Waals surface area contributed by atoms with Gasteiger partial charge in [0.25, 0.3) is 0 Å². The summed E-state index contributed by atoms with van der Waals surface area (Å²) in [6, 6.07) is 8.45. The molecular weight excluding hydrogens is 368 g/mol. The van der Waals surface area contributed by atoms with Crippen molar-refractivity contribution in [1.29, 1.82) is 0 Å². The molecule has 158 valence electrons. The molecule has 8 nitrogen and oxygen atoms in total. The lowest BCUT2D eigenvalue weighted by Crippen LogP contribution is -2.46. The van der Waals surface area contributed by atoms with Crippen molar-refractivity contribution in [3.8, 4) is 5.75 Å². The summed E-state index contributed by atoms with van der Waals surface area (Å²) >= 11 is 0. The zero-order valence-corrected chi connectivity index (χ0v) is 17.8. The highest BCUT2D eigenvalue weighted by atomic mass is 16.5. The molecule has 8 heteroatoms. The Morgan fingerprint density at radius 1 is 1.31 bits per heavy atom. The number of aryl methyl sites for hydroxylation is 1. The van der Waals surface area contributed by atoms with Gasteiger partial charge in [0.15, 0.2) is 11.8 Å². The first-order valence-corrected chi connectivity index (χ1v) is 10.2. The minimum absolute atomic E-state index is 0.262. The van der Waals surface area contributed by atoms with Crippen LogP contribution in [0.5, 0.6) is 5.75 Å². The fourth-order valence-electron chi connectivity index (χ4n) is 3.21. The Kier molecular flexibility index (Phi) is 7.46. The van der Waals surface area contributed by atoms with Crippen molar-refractivity contribution in [2.75, 3.05) is 20.8 Å². The van der Waals surface area contributed by atoms with Crippen LogP contribution in [-0.2, 0) is 30.9 Å². The lowest BCUT2D eigenvalue weighted by Gasteiger charge is -2.25. The summed E-state index contributed by atoms with van der Waals surface area (Å²) in [5, 5.41) is 11.4. The Hall–Kier alpha value is -2.61. The molecule has 0 saturated heterocycles. The van der Waals surface area contributed by atoms with Crippen LogP contribution in [-0.4, -0.2) is 47.5 Å². The van der Waals surface area contributed by atoms with Crippen LogP contribution in [0.25, 0.3) is 0 Å².